The molecule has 0 unspecified atom stereocenters. The van der Waals surface area contributed by atoms with E-state index in [-0.39, 0.29) is 0 Å². The van der Waals surface area contributed by atoms with E-state index in [1.165, 1.54) is 17.4 Å². The lowest BCUT2D eigenvalue weighted by Crippen LogP contribution is -2.48. The first-order chi connectivity index (χ1) is 20.7. The van der Waals surface area contributed by atoms with Gasteiger partial charge in [0.25, 0.3) is 5.22 Å². The van der Waals surface area contributed by atoms with E-state index in [1.54, 1.807) is 12.1 Å². The van der Waals surface area contributed by atoms with Crippen molar-refractivity contribution in [3.05, 3.63) is 84.4 Å². The molecule has 0 radical (unpaired) electrons. The van der Waals surface area contributed by atoms with E-state index in [4.69, 9.17) is 14.4 Å². The van der Waals surface area contributed by atoms with Crippen molar-refractivity contribution in [1.29, 1.82) is 0 Å². The highest BCUT2D eigenvalue weighted by molar-refractivity contribution is 7.99. The number of para-hydroxylation sites is 2. The second-order valence-electron chi connectivity index (χ2n) is 10.3. The molecule has 2 saturated heterocycles. The van der Waals surface area contributed by atoms with Crippen molar-refractivity contribution < 1.29 is 9.21 Å². The number of nitrogens with zero attached hydrogens (tertiary/aromatic N) is 8. The fourth-order valence-electron chi connectivity index (χ4n) is 5.43. The third-order valence-electron chi connectivity index (χ3n) is 7.72. The van der Waals surface area contributed by atoms with E-state index >= 15 is 0 Å². The highest BCUT2D eigenvalue weighted by Crippen LogP contribution is 2.31. The van der Waals surface area contributed by atoms with Gasteiger partial charge in [0.1, 0.15) is 12.1 Å². The Morgan fingerprint density at radius 3 is 2.10 bits per heavy atom. The maximum Gasteiger partial charge on any atom is 0.318 e. The molecule has 0 aliphatic carbocycles. The van der Waals surface area contributed by atoms with Gasteiger partial charge in [0.05, 0.1) is 5.52 Å². The molecule has 7 rings (SSSR count). The fourth-order valence-corrected chi connectivity index (χ4v) is 6.10. The van der Waals surface area contributed by atoms with Crippen molar-refractivity contribution in [3.8, 4) is 0 Å². The van der Waals surface area contributed by atoms with E-state index in [1.807, 2.05) is 18.2 Å². The number of fused-ring (bicyclic) bond motifs is 1. The van der Waals surface area contributed by atoms with Crippen LogP contribution in [0.4, 0.5) is 23.5 Å². The lowest BCUT2D eigenvalue weighted by molar-refractivity contribution is 0.112. The van der Waals surface area contributed by atoms with Gasteiger partial charge in [0.15, 0.2) is 0 Å². The van der Waals surface area contributed by atoms with Gasteiger partial charge in [-0.3, -0.25) is 4.79 Å². The SMILES string of the molecule is O=Cc1ccc(Sc2nnc(N3CCN(c4nc(N5CCN(c6ccccc6)CC5)c5ccccc5n4)CC3)o2)cc1. The van der Waals surface area contributed by atoms with Crippen molar-refractivity contribution in [1.82, 2.24) is 20.2 Å². The molecule has 2 fully saturated rings. The Labute approximate surface area is 248 Å². The van der Waals surface area contributed by atoms with E-state index in [0.717, 1.165) is 86.2 Å². The second kappa shape index (κ2) is 11.7. The number of piperazine rings is 2. The molecule has 0 N–H and O–H groups in total. The summed E-state index contributed by atoms with van der Waals surface area (Å²) >= 11 is 1.38. The Hall–Kier alpha value is -4.64. The third kappa shape index (κ3) is 5.47. The molecule has 10 nitrogen and oxygen atoms in total. The maximum absolute atomic E-state index is 10.9. The molecule has 2 aliphatic heterocycles. The molecule has 4 heterocycles. The van der Waals surface area contributed by atoms with Gasteiger partial charge in [0.2, 0.25) is 5.95 Å². The summed E-state index contributed by atoms with van der Waals surface area (Å²) in [7, 11) is 0. The van der Waals surface area contributed by atoms with E-state index in [9.17, 15) is 4.79 Å². The first kappa shape index (κ1) is 26.3. The number of aromatic nitrogens is 4. The topological polar surface area (TPSA) is 94.7 Å². The lowest BCUT2D eigenvalue weighted by Gasteiger charge is -2.38. The largest absolute Gasteiger partial charge is 0.397 e. The Morgan fingerprint density at radius 1 is 0.667 bits per heavy atom. The van der Waals surface area contributed by atoms with Crippen LogP contribution in [0.3, 0.4) is 0 Å². The minimum absolute atomic E-state index is 0.473. The van der Waals surface area contributed by atoms with Crippen molar-refractivity contribution in [2.24, 2.45) is 0 Å². The van der Waals surface area contributed by atoms with Crippen LogP contribution in [0.15, 0.2) is 93.4 Å². The molecule has 0 amide bonds. The van der Waals surface area contributed by atoms with Gasteiger partial charge in [-0.15, -0.1) is 0 Å². The van der Waals surface area contributed by atoms with Crippen LogP contribution in [-0.4, -0.2) is 78.8 Å². The number of aldehydes is 1. The minimum atomic E-state index is 0.473. The van der Waals surface area contributed by atoms with Crippen molar-refractivity contribution in [2.45, 2.75) is 10.1 Å². The fraction of sp³-hybridized carbons (Fsp3) is 0.258. The average Bonchev–Trinajstić information content (AvgIpc) is 3.53. The average molecular weight is 579 g/mol. The molecular weight excluding hydrogens is 548 g/mol. The lowest BCUT2D eigenvalue weighted by atomic mass is 10.2. The molecule has 0 atom stereocenters. The van der Waals surface area contributed by atoms with Crippen LogP contribution in [0.25, 0.3) is 10.9 Å². The van der Waals surface area contributed by atoms with E-state index in [2.05, 4.69) is 78.3 Å². The van der Waals surface area contributed by atoms with Gasteiger partial charge in [-0.25, -0.2) is 4.98 Å². The third-order valence-corrected chi connectivity index (χ3v) is 8.57. The van der Waals surface area contributed by atoms with E-state index in [0.29, 0.717) is 16.8 Å². The van der Waals surface area contributed by atoms with Crippen LogP contribution in [-0.2, 0) is 0 Å². The van der Waals surface area contributed by atoms with Crippen LogP contribution in [0.5, 0.6) is 0 Å². The van der Waals surface area contributed by atoms with Gasteiger partial charge in [-0.05, 0) is 48.2 Å². The smallest absolute Gasteiger partial charge is 0.318 e. The van der Waals surface area contributed by atoms with Crippen LogP contribution in [0, 0.1) is 0 Å². The normalized spacial score (nSPS) is 15.8. The quantitative estimate of drug-likeness (QED) is 0.253. The van der Waals surface area contributed by atoms with Crippen LogP contribution < -0.4 is 19.6 Å². The van der Waals surface area contributed by atoms with Gasteiger partial charge in [-0.1, -0.05) is 52.7 Å². The summed E-state index contributed by atoms with van der Waals surface area (Å²) in [5.41, 5.74) is 2.87. The van der Waals surface area contributed by atoms with Gasteiger partial charge in [0, 0.05) is 73.9 Å². The zero-order valence-electron chi connectivity index (χ0n) is 23.0. The zero-order valence-corrected chi connectivity index (χ0v) is 23.9. The number of carbonyl (C=O) groups is 1. The molecule has 5 aromatic rings. The van der Waals surface area contributed by atoms with Gasteiger partial charge >= 0.3 is 6.01 Å². The Bertz CT molecular complexity index is 1660. The molecule has 0 spiro atoms. The Morgan fingerprint density at radius 2 is 1.33 bits per heavy atom. The molecule has 3 aromatic carbocycles. The molecule has 0 bridgehead atoms. The number of rotatable bonds is 7. The van der Waals surface area contributed by atoms with Crippen molar-refractivity contribution in [2.75, 3.05) is 72.0 Å². The highest BCUT2D eigenvalue weighted by atomic mass is 32.2. The number of benzene rings is 3. The summed E-state index contributed by atoms with van der Waals surface area (Å²) in [5.74, 6) is 1.76. The monoisotopic (exact) mass is 578 g/mol. The summed E-state index contributed by atoms with van der Waals surface area (Å²) in [6, 6.07) is 26.7. The zero-order chi connectivity index (χ0) is 28.3. The minimum Gasteiger partial charge on any atom is -0.397 e. The maximum atomic E-state index is 10.9. The number of hydrogen-bond donors (Lipinski definition) is 0. The highest BCUT2D eigenvalue weighted by Gasteiger charge is 2.26. The van der Waals surface area contributed by atoms with Crippen molar-refractivity contribution in [3.63, 3.8) is 0 Å². The molecule has 0 saturated carbocycles. The predicted octanol–water partition coefficient (Wildman–Crippen LogP) is 4.63. The summed E-state index contributed by atoms with van der Waals surface area (Å²) in [6.07, 6.45) is 0.829. The second-order valence-corrected chi connectivity index (χ2v) is 11.3. The molecular formula is C31H30N8O2S. The first-order valence-electron chi connectivity index (χ1n) is 14.1. The first-order valence-corrected chi connectivity index (χ1v) is 14.9. The predicted molar refractivity (Wildman–Crippen MR) is 165 cm³/mol. The van der Waals surface area contributed by atoms with Gasteiger partial charge < -0.3 is 24.0 Å². The van der Waals surface area contributed by atoms with Crippen LogP contribution in [0.2, 0.25) is 0 Å². The number of anilines is 4. The summed E-state index contributed by atoms with van der Waals surface area (Å²) in [5, 5.41) is 10.1. The van der Waals surface area contributed by atoms with Crippen LogP contribution in [0.1, 0.15) is 10.4 Å². The molecule has 212 valence electrons. The molecule has 42 heavy (non-hydrogen) atoms. The Balaban J connectivity index is 1.03. The standard InChI is InChI=1S/C31H30N8O2S/c40-22-23-10-12-25(13-11-23)42-31-35-34-30(41-31)39-20-18-38(19-21-39)29-32-27-9-5-4-8-26(27)28(33-29)37-16-14-36(15-17-37)24-6-2-1-3-7-24/h1-13,22H,14-21H2. The summed E-state index contributed by atoms with van der Waals surface area (Å²) in [6.45, 7) is 6.65. The molecule has 2 aliphatic rings. The molecule has 11 heteroatoms. The molecule has 2 aromatic heterocycles. The number of hydrogen-bond acceptors (Lipinski definition) is 11. The van der Waals surface area contributed by atoms with E-state index < -0.39 is 0 Å². The van der Waals surface area contributed by atoms with Crippen LogP contribution >= 0.6 is 11.8 Å². The number of carbonyl (C=O) groups excluding carboxylic acids is 1. The van der Waals surface area contributed by atoms with Crippen molar-refractivity contribution >= 4 is 52.4 Å². The summed E-state index contributed by atoms with van der Waals surface area (Å²) in [4.78, 5) is 31.1. The van der Waals surface area contributed by atoms with Gasteiger partial charge in [-0.2, -0.15) is 4.98 Å². The summed E-state index contributed by atoms with van der Waals surface area (Å²) < 4.78 is 5.96. The Kier molecular flexibility index (Phi) is 7.31.